The molecule has 1 aromatic rings. The van der Waals surface area contributed by atoms with Crippen LogP contribution in [0.2, 0.25) is 0 Å². The molecule has 0 unspecified atom stereocenters. The first-order chi connectivity index (χ1) is 5.84. The SMILES string of the molecule is CC(C)(C)c1ccc(O)c(O)c1N. The van der Waals surface area contributed by atoms with Gasteiger partial charge in [0.25, 0.3) is 0 Å². The summed E-state index contributed by atoms with van der Waals surface area (Å²) >= 11 is 0. The molecular weight excluding hydrogens is 166 g/mol. The number of anilines is 1. The molecule has 3 heteroatoms. The molecule has 0 spiro atoms. The molecule has 1 aromatic carbocycles. The quantitative estimate of drug-likeness (QED) is 0.423. The molecule has 0 amide bonds. The van der Waals surface area contributed by atoms with Gasteiger partial charge >= 0.3 is 0 Å². The van der Waals surface area contributed by atoms with E-state index in [2.05, 4.69) is 0 Å². The number of benzene rings is 1. The number of hydrogen-bond donors (Lipinski definition) is 3. The van der Waals surface area contributed by atoms with E-state index in [1.807, 2.05) is 20.8 Å². The third-order valence-corrected chi connectivity index (χ3v) is 2.00. The zero-order chi connectivity index (χ0) is 10.2. The van der Waals surface area contributed by atoms with Crippen LogP contribution in [-0.2, 0) is 5.41 Å². The summed E-state index contributed by atoms with van der Waals surface area (Å²) in [6, 6.07) is 3.18. The summed E-state index contributed by atoms with van der Waals surface area (Å²) in [5.74, 6) is -0.405. The second kappa shape index (κ2) is 2.83. The maximum Gasteiger partial charge on any atom is 0.181 e. The van der Waals surface area contributed by atoms with Crippen molar-refractivity contribution in [2.24, 2.45) is 0 Å². The summed E-state index contributed by atoms with van der Waals surface area (Å²) in [6.07, 6.45) is 0. The van der Waals surface area contributed by atoms with Gasteiger partial charge in [-0.15, -0.1) is 0 Å². The van der Waals surface area contributed by atoms with E-state index in [4.69, 9.17) is 10.8 Å². The second-order valence-corrected chi connectivity index (χ2v) is 4.14. The molecule has 0 bridgehead atoms. The van der Waals surface area contributed by atoms with E-state index in [9.17, 15) is 5.11 Å². The fraction of sp³-hybridized carbons (Fsp3) is 0.400. The molecule has 3 nitrogen and oxygen atoms in total. The summed E-state index contributed by atoms with van der Waals surface area (Å²) in [5.41, 5.74) is 6.62. The Morgan fingerprint density at radius 3 is 2.15 bits per heavy atom. The third kappa shape index (κ3) is 1.69. The maximum absolute atomic E-state index is 9.38. The molecule has 0 atom stereocenters. The van der Waals surface area contributed by atoms with E-state index < -0.39 is 0 Å². The van der Waals surface area contributed by atoms with Gasteiger partial charge in [0, 0.05) is 0 Å². The number of aromatic hydroxyl groups is 2. The van der Waals surface area contributed by atoms with Gasteiger partial charge in [-0.2, -0.15) is 0 Å². The van der Waals surface area contributed by atoms with Crippen molar-refractivity contribution in [2.45, 2.75) is 26.2 Å². The van der Waals surface area contributed by atoms with Crippen molar-refractivity contribution in [1.29, 1.82) is 0 Å². The Balaban J connectivity index is 3.35. The number of nitrogen functional groups attached to an aromatic ring is 1. The number of phenols is 2. The molecule has 4 N–H and O–H groups in total. The average Bonchev–Trinajstić information content (AvgIpc) is 1.98. The van der Waals surface area contributed by atoms with E-state index >= 15 is 0 Å². The fourth-order valence-electron chi connectivity index (χ4n) is 1.25. The first kappa shape index (κ1) is 9.71. The van der Waals surface area contributed by atoms with Gasteiger partial charge in [0.15, 0.2) is 11.5 Å². The highest BCUT2D eigenvalue weighted by Crippen LogP contribution is 2.38. The van der Waals surface area contributed by atoms with E-state index in [-0.39, 0.29) is 22.6 Å². The summed E-state index contributed by atoms with van der Waals surface area (Å²) in [4.78, 5) is 0. The molecule has 0 aliphatic carbocycles. The lowest BCUT2D eigenvalue weighted by atomic mass is 9.85. The lowest BCUT2D eigenvalue weighted by molar-refractivity contribution is 0.404. The van der Waals surface area contributed by atoms with Gasteiger partial charge in [-0.1, -0.05) is 26.8 Å². The zero-order valence-electron chi connectivity index (χ0n) is 8.13. The molecule has 0 fully saturated rings. The summed E-state index contributed by atoms with van der Waals surface area (Å²) in [6.45, 7) is 5.99. The Hall–Kier alpha value is -1.38. The first-order valence-corrected chi connectivity index (χ1v) is 4.15. The fourth-order valence-corrected chi connectivity index (χ4v) is 1.25. The van der Waals surface area contributed by atoms with Crippen LogP contribution >= 0.6 is 0 Å². The van der Waals surface area contributed by atoms with Crippen LogP contribution < -0.4 is 5.73 Å². The van der Waals surface area contributed by atoms with Crippen molar-refractivity contribution < 1.29 is 10.2 Å². The summed E-state index contributed by atoms with van der Waals surface area (Å²) in [5, 5.41) is 18.5. The minimum absolute atomic E-state index is 0.130. The van der Waals surface area contributed by atoms with Crippen molar-refractivity contribution in [3.05, 3.63) is 17.7 Å². The first-order valence-electron chi connectivity index (χ1n) is 4.15. The van der Waals surface area contributed by atoms with Crippen molar-refractivity contribution in [2.75, 3.05) is 5.73 Å². The van der Waals surface area contributed by atoms with Gasteiger partial charge < -0.3 is 15.9 Å². The van der Waals surface area contributed by atoms with E-state index in [1.54, 1.807) is 6.07 Å². The standard InChI is InChI=1S/C10H15NO2/c1-10(2,3)6-4-5-7(12)9(13)8(6)11/h4-5,12-13H,11H2,1-3H3. The highest BCUT2D eigenvalue weighted by atomic mass is 16.3. The lowest BCUT2D eigenvalue weighted by Gasteiger charge is -2.21. The molecule has 0 aliphatic rings. The van der Waals surface area contributed by atoms with Gasteiger partial charge in [-0.3, -0.25) is 0 Å². The number of rotatable bonds is 0. The number of hydrogen-bond acceptors (Lipinski definition) is 3. The third-order valence-electron chi connectivity index (χ3n) is 2.00. The Labute approximate surface area is 77.8 Å². The Morgan fingerprint density at radius 2 is 1.69 bits per heavy atom. The molecule has 1 rings (SSSR count). The normalized spacial score (nSPS) is 11.6. The minimum atomic E-state index is -0.229. The number of phenolic OH excluding ortho intramolecular Hbond substituents is 2. The molecule has 72 valence electrons. The number of nitrogens with two attached hydrogens (primary N) is 1. The van der Waals surface area contributed by atoms with Crippen LogP contribution in [0.4, 0.5) is 5.69 Å². The molecular formula is C10H15NO2. The van der Waals surface area contributed by atoms with Gasteiger partial charge in [0.2, 0.25) is 0 Å². The van der Waals surface area contributed by atoms with Crippen LogP contribution in [0.25, 0.3) is 0 Å². The lowest BCUT2D eigenvalue weighted by Crippen LogP contribution is -2.13. The van der Waals surface area contributed by atoms with Crippen molar-refractivity contribution in [3.63, 3.8) is 0 Å². The molecule has 0 aromatic heterocycles. The molecule has 0 radical (unpaired) electrons. The van der Waals surface area contributed by atoms with Gasteiger partial charge in [0.05, 0.1) is 5.69 Å². The van der Waals surface area contributed by atoms with E-state index in [1.165, 1.54) is 6.07 Å². The average molecular weight is 181 g/mol. The van der Waals surface area contributed by atoms with Crippen molar-refractivity contribution in [1.82, 2.24) is 0 Å². The Bertz CT molecular complexity index is 326. The summed E-state index contributed by atoms with van der Waals surface area (Å²) in [7, 11) is 0. The topological polar surface area (TPSA) is 66.5 Å². The summed E-state index contributed by atoms with van der Waals surface area (Å²) < 4.78 is 0. The molecule has 13 heavy (non-hydrogen) atoms. The minimum Gasteiger partial charge on any atom is -0.504 e. The van der Waals surface area contributed by atoms with Crippen LogP contribution in [-0.4, -0.2) is 10.2 Å². The van der Waals surface area contributed by atoms with E-state index in [0.717, 1.165) is 5.56 Å². The highest BCUT2D eigenvalue weighted by molar-refractivity contribution is 5.65. The molecule has 0 saturated carbocycles. The molecule has 0 aliphatic heterocycles. The Morgan fingerprint density at radius 1 is 1.15 bits per heavy atom. The van der Waals surface area contributed by atoms with Crippen molar-refractivity contribution in [3.8, 4) is 11.5 Å². The van der Waals surface area contributed by atoms with Crippen LogP contribution in [0.15, 0.2) is 12.1 Å². The monoisotopic (exact) mass is 181 g/mol. The van der Waals surface area contributed by atoms with Gasteiger partial charge in [0.1, 0.15) is 0 Å². The smallest absolute Gasteiger partial charge is 0.181 e. The predicted molar refractivity (Wildman–Crippen MR) is 52.9 cm³/mol. The van der Waals surface area contributed by atoms with Crippen molar-refractivity contribution >= 4 is 5.69 Å². The highest BCUT2D eigenvalue weighted by Gasteiger charge is 2.19. The van der Waals surface area contributed by atoms with Crippen LogP contribution in [0.1, 0.15) is 26.3 Å². The van der Waals surface area contributed by atoms with Crippen LogP contribution in [0.3, 0.4) is 0 Å². The van der Waals surface area contributed by atoms with Gasteiger partial charge in [-0.25, -0.2) is 0 Å². The van der Waals surface area contributed by atoms with E-state index in [0.29, 0.717) is 0 Å². The van der Waals surface area contributed by atoms with Crippen LogP contribution in [0.5, 0.6) is 11.5 Å². The zero-order valence-corrected chi connectivity index (χ0v) is 8.13. The largest absolute Gasteiger partial charge is 0.504 e. The second-order valence-electron chi connectivity index (χ2n) is 4.14. The molecule has 0 saturated heterocycles. The van der Waals surface area contributed by atoms with Gasteiger partial charge in [-0.05, 0) is 17.0 Å². The molecule has 0 heterocycles. The Kier molecular flexibility index (Phi) is 2.12. The predicted octanol–water partition coefficient (Wildman–Crippen LogP) is 1.98. The maximum atomic E-state index is 9.38. The van der Waals surface area contributed by atoms with Crippen LogP contribution in [0, 0.1) is 0 Å².